The average Bonchev–Trinajstić information content (AvgIpc) is 2.32. The van der Waals surface area contributed by atoms with Gasteiger partial charge in [0, 0.05) is 18.0 Å². The van der Waals surface area contributed by atoms with Gasteiger partial charge in [0.05, 0.1) is 19.2 Å². The van der Waals surface area contributed by atoms with E-state index in [4.69, 9.17) is 10.00 Å². The molecule has 0 aliphatic carbocycles. The van der Waals surface area contributed by atoms with E-state index >= 15 is 0 Å². The first-order chi connectivity index (χ1) is 10.0. The van der Waals surface area contributed by atoms with Crippen molar-refractivity contribution in [1.29, 1.82) is 5.26 Å². The van der Waals surface area contributed by atoms with Crippen molar-refractivity contribution in [1.82, 2.24) is 10.2 Å². The summed E-state index contributed by atoms with van der Waals surface area (Å²) in [7, 11) is 0. The predicted octanol–water partition coefficient (Wildman–Crippen LogP) is 1.60. The van der Waals surface area contributed by atoms with Gasteiger partial charge in [-0.3, -0.25) is 9.69 Å². The number of nitrogens with one attached hydrogen (secondary N) is 1. The summed E-state index contributed by atoms with van der Waals surface area (Å²) in [6.45, 7) is 11.6. The highest BCUT2D eigenvalue weighted by Crippen LogP contribution is 2.43. The van der Waals surface area contributed by atoms with Crippen molar-refractivity contribution in [2.24, 2.45) is 0 Å². The molecule has 124 valence electrons. The van der Waals surface area contributed by atoms with Crippen LogP contribution in [0.1, 0.15) is 54.4 Å². The first-order valence-electron chi connectivity index (χ1n) is 7.61. The summed E-state index contributed by atoms with van der Waals surface area (Å²) in [5, 5.41) is 11.9. The summed E-state index contributed by atoms with van der Waals surface area (Å²) in [4.78, 5) is 26.3. The van der Waals surface area contributed by atoms with E-state index in [1.54, 1.807) is 6.92 Å². The predicted molar refractivity (Wildman–Crippen MR) is 82.9 cm³/mol. The van der Waals surface area contributed by atoms with E-state index in [0.29, 0.717) is 12.8 Å². The monoisotopic (exact) mass is 309 g/mol. The molecule has 0 aromatic carbocycles. The van der Waals surface area contributed by atoms with E-state index < -0.39 is 22.6 Å². The summed E-state index contributed by atoms with van der Waals surface area (Å²) >= 11 is 0. The third-order valence-corrected chi connectivity index (χ3v) is 4.24. The Balaban J connectivity index is 3.29. The fourth-order valence-corrected chi connectivity index (χ4v) is 3.94. The van der Waals surface area contributed by atoms with Gasteiger partial charge in [0.2, 0.25) is 5.91 Å². The molecule has 0 aromatic rings. The van der Waals surface area contributed by atoms with Crippen LogP contribution in [-0.2, 0) is 14.3 Å². The topological polar surface area (TPSA) is 82.4 Å². The minimum atomic E-state index is -1.05. The molecule has 0 radical (unpaired) electrons. The highest BCUT2D eigenvalue weighted by Gasteiger charge is 2.56. The first kappa shape index (κ1) is 18.4. The molecule has 6 nitrogen and oxygen atoms in total. The summed E-state index contributed by atoms with van der Waals surface area (Å²) in [5.74, 6) is -0.656. The first-order valence-corrected chi connectivity index (χ1v) is 7.61. The normalized spacial score (nSPS) is 22.4. The van der Waals surface area contributed by atoms with Gasteiger partial charge in [0.1, 0.15) is 5.54 Å². The quantitative estimate of drug-likeness (QED) is 0.630. The number of amides is 1. The Morgan fingerprint density at radius 2 is 1.73 bits per heavy atom. The fraction of sp³-hybridized carbons (Fsp3) is 0.812. The van der Waals surface area contributed by atoms with E-state index in [2.05, 4.69) is 16.3 Å². The molecule has 0 saturated carbocycles. The standard InChI is InChI=1S/C16H27N3O3/c1-7-22-13(21)16(18-12(2)20)10-14(3,4)19(9-8-17)15(5,6)11-16/h7,9-11H2,1-6H3,(H,18,20). The molecule has 0 aromatic heterocycles. The molecular formula is C16H27N3O3. The van der Waals surface area contributed by atoms with Crippen LogP contribution in [0.5, 0.6) is 0 Å². The molecule has 0 unspecified atom stereocenters. The van der Waals surface area contributed by atoms with Gasteiger partial charge in [-0.2, -0.15) is 5.26 Å². The Kier molecular flexibility index (Phi) is 5.24. The maximum atomic E-state index is 12.6. The van der Waals surface area contributed by atoms with Crippen LogP contribution in [-0.4, -0.2) is 46.5 Å². The molecule has 1 saturated heterocycles. The highest BCUT2D eigenvalue weighted by molar-refractivity contribution is 5.87. The maximum Gasteiger partial charge on any atom is 0.331 e. The number of esters is 1. The molecule has 0 spiro atoms. The van der Waals surface area contributed by atoms with Gasteiger partial charge in [-0.25, -0.2) is 4.79 Å². The molecule has 1 aliphatic rings. The van der Waals surface area contributed by atoms with Gasteiger partial charge in [-0.15, -0.1) is 0 Å². The molecule has 0 atom stereocenters. The lowest BCUT2D eigenvalue weighted by molar-refractivity contribution is -0.164. The third-order valence-electron chi connectivity index (χ3n) is 4.24. The second-order valence-electron chi connectivity index (χ2n) is 7.21. The number of hydrogen-bond donors (Lipinski definition) is 1. The number of rotatable bonds is 4. The summed E-state index contributed by atoms with van der Waals surface area (Å²) in [5.41, 5.74) is -1.90. The van der Waals surface area contributed by atoms with Crippen LogP contribution in [0.25, 0.3) is 0 Å². The molecule has 1 N–H and O–H groups in total. The zero-order valence-electron chi connectivity index (χ0n) is 14.4. The van der Waals surface area contributed by atoms with Gasteiger partial charge >= 0.3 is 5.97 Å². The van der Waals surface area contributed by atoms with Crippen LogP contribution in [0.15, 0.2) is 0 Å². The molecule has 1 rings (SSSR count). The average molecular weight is 309 g/mol. The largest absolute Gasteiger partial charge is 0.464 e. The number of ether oxygens (including phenoxy) is 1. The van der Waals surface area contributed by atoms with Crippen molar-refractivity contribution >= 4 is 11.9 Å². The van der Waals surface area contributed by atoms with Gasteiger partial charge in [0.15, 0.2) is 0 Å². The van der Waals surface area contributed by atoms with E-state index in [0.717, 1.165) is 0 Å². The molecular weight excluding hydrogens is 282 g/mol. The Bertz CT molecular complexity index is 473. The van der Waals surface area contributed by atoms with Crippen LogP contribution in [0, 0.1) is 11.3 Å². The summed E-state index contributed by atoms with van der Waals surface area (Å²) < 4.78 is 5.23. The van der Waals surface area contributed by atoms with Gasteiger partial charge in [-0.1, -0.05) is 0 Å². The van der Waals surface area contributed by atoms with E-state index in [-0.39, 0.29) is 19.1 Å². The Morgan fingerprint density at radius 1 is 1.23 bits per heavy atom. The van der Waals surface area contributed by atoms with Crippen molar-refractivity contribution < 1.29 is 14.3 Å². The second kappa shape index (κ2) is 6.25. The number of piperidine rings is 1. The SMILES string of the molecule is CCOC(=O)C1(NC(C)=O)CC(C)(C)N(CC#N)C(C)(C)C1. The Labute approximate surface area is 132 Å². The molecule has 6 heteroatoms. The van der Waals surface area contributed by atoms with Crippen LogP contribution < -0.4 is 5.32 Å². The summed E-state index contributed by atoms with van der Waals surface area (Å²) in [6, 6.07) is 2.19. The van der Waals surface area contributed by atoms with Gasteiger partial charge < -0.3 is 10.1 Å². The van der Waals surface area contributed by atoms with Gasteiger partial charge in [-0.05, 0) is 47.5 Å². The van der Waals surface area contributed by atoms with Crippen molar-refractivity contribution in [3.63, 3.8) is 0 Å². The van der Waals surface area contributed by atoms with E-state index in [1.807, 2.05) is 27.7 Å². The van der Waals surface area contributed by atoms with E-state index in [9.17, 15) is 9.59 Å². The highest BCUT2D eigenvalue weighted by atomic mass is 16.5. The molecule has 1 fully saturated rings. The Morgan fingerprint density at radius 3 is 2.09 bits per heavy atom. The number of nitriles is 1. The van der Waals surface area contributed by atoms with E-state index in [1.165, 1.54) is 6.92 Å². The fourth-order valence-electron chi connectivity index (χ4n) is 3.94. The maximum absolute atomic E-state index is 12.6. The number of hydrogen-bond acceptors (Lipinski definition) is 5. The molecule has 1 amide bonds. The number of likely N-dealkylation sites (tertiary alicyclic amines) is 1. The summed E-state index contributed by atoms with van der Waals surface area (Å²) in [6.07, 6.45) is 0.813. The van der Waals surface area contributed by atoms with Gasteiger partial charge in [0.25, 0.3) is 0 Å². The van der Waals surface area contributed by atoms with Crippen LogP contribution in [0.2, 0.25) is 0 Å². The number of nitrogens with zero attached hydrogens (tertiary/aromatic N) is 2. The lowest BCUT2D eigenvalue weighted by atomic mass is 9.69. The van der Waals surface area contributed by atoms with Crippen LogP contribution in [0.4, 0.5) is 0 Å². The smallest absolute Gasteiger partial charge is 0.331 e. The van der Waals surface area contributed by atoms with Crippen molar-refractivity contribution in [3.8, 4) is 6.07 Å². The number of carbonyl (C=O) groups excluding carboxylic acids is 2. The zero-order chi connectivity index (χ0) is 17.2. The second-order valence-corrected chi connectivity index (χ2v) is 7.21. The molecule has 22 heavy (non-hydrogen) atoms. The lowest BCUT2D eigenvalue weighted by Crippen LogP contribution is -2.71. The molecule has 1 heterocycles. The molecule has 0 bridgehead atoms. The van der Waals surface area contributed by atoms with Crippen molar-refractivity contribution in [2.45, 2.75) is 71.0 Å². The molecule has 1 aliphatic heterocycles. The third kappa shape index (κ3) is 3.58. The number of carbonyl (C=O) groups is 2. The lowest BCUT2D eigenvalue weighted by Gasteiger charge is -2.57. The zero-order valence-corrected chi connectivity index (χ0v) is 14.4. The minimum absolute atomic E-state index is 0.256. The van der Waals surface area contributed by atoms with Crippen LogP contribution >= 0.6 is 0 Å². The Hall–Kier alpha value is -1.61. The van der Waals surface area contributed by atoms with Crippen molar-refractivity contribution in [2.75, 3.05) is 13.2 Å². The van der Waals surface area contributed by atoms with Crippen LogP contribution in [0.3, 0.4) is 0 Å². The minimum Gasteiger partial charge on any atom is -0.464 e. The van der Waals surface area contributed by atoms with Crippen molar-refractivity contribution in [3.05, 3.63) is 0 Å².